The Kier molecular flexibility index (Phi) is 16.9. The standard InChI is InChI=1S/C21H40FNO7/c1-6-20(25)23-15-18(22)17(2)30-14-13-28-10-9-26-7-8-27-11-12-29-16-19(24)21(3,4)5/h17-18H,6-16H2,1-5H3,(H,23,25). The molecule has 8 nitrogen and oxygen atoms in total. The SMILES string of the molecule is CCC(=O)NCC(F)C(C)OCCOCCOCCOCCOCC(=O)C(C)(C)C. The normalized spacial score (nSPS) is 13.8. The molecule has 0 spiro atoms. The van der Waals surface area contributed by atoms with E-state index in [0.717, 1.165) is 0 Å². The van der Waals surface area contributed by atoms with E-state index in [1.54, 1.807) is 13.8 Å². The number of Topliss-reactive ketones (excluding diaryl/α,β-unsaturated/α-hetero) is 1. The van der Waals surface area contributed by atoms with E-state index in [2.05, 4.69) is 5.32 Å². The Hall–Kier alpha value is -1.13. The summed E-state index contributed by atoms with van der Waals surface area (Å²) in [6.07, 6.45) is -1.54. The maximum Gasteiger partial charge on any atom is 0.219 e. The van der Waals surface area contributed by atoms with E-state index in [1.165, 1.54) is 0 Å². The van der Waals surface area contributed by atoms with Gasteiger partial charge in [-0.05, 0) is 6.92 Å². The van der Waals surface area contributed by atoms with E-state index in [0.29, 0.717) is 52.7 Å². The van der Waals surface area contributed by atoms with E-state index < -0.39 is 12.3 Å². The van der Waals surface area contributed by atoms with Crippen molar-refractivity contribution in [3.8, 4) is 0 Å². The maximum atomic E-state index is 13.8. The molecule has 0 saturated carbocycles. The number of amides is 1. The largest absolute Gasteiger partial charge is 0.377 e. The van der Waals surface area contributed by atoms with Crippen LogP contribution in [-0.2, 0) is 33.3 Å². The quantitative estimate of drug-likeness (QED) is 0.309. The molecule has 0 aromatic heterocycles. The lowest BCUT2D eigenvalue weighted by Crippen LogP contribution is -2.36. The van der Waals surface area contributed by atoms with Crippen molar-refractivity contribution in [3.05, 3.63) is 0 Å². The van der Waals surface area contributed by atoms with Gasteiger partial charge < -0.3 is 29.0 Å². The molecule has 0 heterocycles. The van der Waals surface area contributed by atoms with Crippen LogP contribution in [0.3, 0.4) is 0 Å². The number of alkyl halides is 1. The van der Waals surface area contributed by atoms with Gasteiger partial charge in [-0.15, -0.1) is 0 Å². The van der Waals surface area contributed by atoms with Crippen LogP contribution in [0.1, 0.15) is 41.0 Å². The van der Waals surface area contributed by atoms with Crippen molar-refractivity contribution in [1.82, 2.24) is 5.32 Å². The van der Waals surface area contributed by atoms with Crippen LogP contribution in [0, 0.1) is 5.41 Å². The summed E-state index contributed by atoms with van der Waals surface area (Å²) in [5.74, 6) is -0.116. The minimum Gasteiger partial charge on any atom is -0.377 e. The second-order valence-electron chi connectivity index (χ2n) is 7.81. The van der Waals surface area contributed by atoms with Crippen molar-refractivity contribution in [2.45, 2.75) is 53.3 Å². The minimum atomic E-state index is -1.26. The Morgan fingerprint density at radius 1 is 0.867 bits per heavy atom. The summed E-state index contributed by atoms with van der Waals surface area (Å²) in [5, 5.41) is 2.50. The van der Waals surface area contributed by atoms with Crippen LogP contribution in [0.2, 0.25) is 0 Å². The molecular weight excluding hydrogens is 397 g/mol. The van der Waals surface area contributed by atoms with Crippen LogP contribution in [0.15, 0.2) is 0 Å². The monoisotopic (exact) mass is 437 g/mol. The summed E-state index contributed by atoms with van der Waals surface area (Å²) in [4.78, 5) is 22.8. The highest BCUT2D eigenvalue weighted by molar-refractivity contribution is 5.84. The number of halogens is 1. The lowest BCUT2D eigenvalue weighted by Gasteiger charge is -2.18. The first-order chi connectivity index (χ1) is 14.2. The molecule has 178 valence electrons. The Morgan fingerprint density at radius 2 is 1.33 bits per heavy atom. The number of hydrogen-bond donors (Lipinski definition) is 1. The fraction of sp³-hybridized carbons (Fsp3) is 0.905. The van der Waals surface area contributed by atoms with E-state index >= 15 is 0 Å². The third kappa shape index (κ3) is 16.6. The van der Waals surface area contributed by atoms with Gasteiger partial charge in [-0.1, -0.05) is 27.7 Å². The Labute approximate surface area is 180 Å². The first-order valence-corrected chi connectivity index (χ1v) is 10.5. The van der Waals surface area contributed by atoms with Gasteiger partial charge in [0.25, 0.3) is 0 Å². The molecule has 0 aliphatic heterocycles. The summed E-state index contributed by atoms with van der Waals surface area (Å²) < 4.78 is 40.5. The highest BCUT2D eigenvalue weighted by atomic mass is 19.1. The third-order valence-corrected chi connectivity index (χ3v) is 4.12. The predicted molar refractivity (Wildman–Crippen MR) is 111 cm³/mol. The van der Waals surface area contributed by atoms with Crippen LogP contribution >= 0.6 is 0 Å². The average molecular weight is 438 g/mol. The zero-order chi connectivity index (χ0) is 22.8. The topological polar surface area (TPSA) is 92.3 Å². The van der Waals surface area contributed by atoms with Crippen molar-refractivity contribution in [3.63, 3.8) is 0 Å². The predicted octanol–water partition coefficient (Wildman–Crippen LogP) is 1.94. The van der Waals surface area contributed by atoms with Gasteiger partial charge in [0, 0.05) is 11.8 Å². The van der Waals surface area contributed by atoms with Crippen molar-refractivity contribution in [2.75, 3.05) is 66.0 Å². The second kappa shape index (κ2) is 17.5. The molecule has 0 aliphatic rings. The average Bonchev–Trinajstić information content (AvgIpc) is 2.70. The minimum absolute atomic E-state index is 0.0498. The molecule has 0 radical (unpaired) electrons. The molecule has 2 unspecified atom stereocenters. The number of rotatable bonds is 19. The number of nitrogens with one attached hydrogen (secondary N) is 1. The summed E-state index contributed by atoms with van der Waals surface area (Å²) in [6, 6.07) is 0. The molecule has 0 rings (SSSR count). The molecule has 0 saturated heterocycles. The van der Waals surface area contributed by atoms with Gasteiger partial charge in [0.05, 0.1) is 65.5 Å². The molecule has 2 atom stereocenters. The van der Waals surface area contributed by atoms with Gasteiger partial charge in [-0.3, -0.25) is 9.59 Å². The second-order valence-corrected chi connectivity index (χ2v) is 7.81. The molecule has 0 aromatic rings. The van der Waals surface area contributed by atoms with Crippen LogP contribution in [0.4, 0.5) is 4.39 Å². The summed E-state index contributed by atoms with van der Waals surface area (Å²) in [6.45, 7) is 12.1. The number of carbonyl (C=O) groups is 2. The lowest BCUT2D eigenvalue weighted by molar-refractivity contribution is -0.131. The number of ketones is 1. The van der Waals surface area contributed by atoms with Crippen molar-refractivity contribution in [2.24, 2.45) is 5.41 Å². The fourth-order valence-corrected chi connectivity index (χ4v) is 1.94. The summed E-state index contributed by atoms with van der Waals surface area (Å²) in [5.41, 5.74) is -0.385. The van der Waals surface area contributed by atoms with E-state index in [9.17, 15) is 14.0 Å². The van der Waals surface area contributed by atoms with Gasteiger partial charge in [0.15, 0.2) is 5.78 Å². The summed E-state index contributed by atoms with van der Waals surface area (Å²) in [7, 11) is 0. The van der Waals surface area contributed by atoms with Gasteiger partial charge in [0.1, 0.15) is 12.8 Å². The Bertz CT molecular complexity index is 457. The van der Waals surface area contributed by atoms with Gasteiger partial charge in [-0.2, -0.15) is 0 Å². The lowest BCUT2D eigenvalue weighted by atomic mass is 9.91. The molecule has 1 amide bonds. The summed E-state index contributed by atoms with van der Waals surface area (Å²) >= 11 is 0. The van der Waals surface area contributed by atoms with Crippen molar-refractivity contribution >= 4 is 11.7 Å². The fourth-order valence-electron chi connectivity index (χ4n) is 1.94. The third-order valence-electron chi connectivity index (χ3n) is 4.12. The maximum absolute atomic E-state index is 13.8. The van der Waals surface area contributed by atoms with Crippen LogP contribution < -0.4 is 5.32 Å². The molecule has 9 heteroatoms. The van der Waals surface area contributed by atoms with Gasteiger partial charge in [-0.25, -0.2) is 4.39 Å². The zero-order valence-electron chi connectivity index (χ0n) is 19.2. The van der Waals surface area contributed by atoms with Crippen LogP contribution in [0.25, 0.3) is 0 Å². The Balaban J connectivity index is 3.37. The molecule has 0 fully saturated rings. The van der Waals surface area contributed by atoms with Crippen LogP contribution in [0.5, 0.6) is 0 Å². The Morgan fingerprint density at radius 3 is 1.80 bits per heavy atom. The van der Waals surface area contributed by atoms with E-state index in [-0.39, 0.29) is 36.9 Å². The van der Waals surface area contributed by atoms with Crippen molar-refractivity contribution < 1.29 is 37.7 Å². The van der Waals surface area contributed by atoms with E-state index in [1.807, 2.05) is 20.8 Å². The molecule has 30 heavy (non-hydrogen) atoms. The van der Waals surface area contributed by atoms with Gasteiger partial charge in [0.2, 0.25) is 5.91 Å². The van der Waals surface area contributed by atoms with E-state index in [4.69, 9.17) is 23.7 Å². The highest BCUT2D eigenvalue weighted by Gasteiger charge is 2.20. The number of carbonyl (C=O) groups excluding carboxylic acids is 2. The molecule has 0 aromatic carbocycles. The zero-order valence-corrected chi connectivity index (χ0v) is 19.2. The molecule has 0 aliphatic carbocycles. The molecule has 0 bridgehead atoms. The number of hydrogen-bond acceptors (Lipinski definition) is 7. The first kappa shape index (κ1) is 28.9. The molecular formula is C21H40FNO7. The number of ether oxygens (including phenoxy) is 5. The molecule has 1 N–H and O–H groups in total. The van der Waals surface area contributed by atoms with Crippen molar-refractivity contribution in [1.29, 1.82) is 0 Å². The smallest absolute Gasteiger partial charge is 0.219 e. The highest BCUT2D eigenvalue weighted by Crippen LogP contribution is 2.14. The van der Waals surface area contributed by atoms with Gasteiger partial charge >= 0.3 is 0 Å². The van der Waals surface area contributed by atoms with Crippen LogP contribution in [-0.4, -0.2) is 90.0 Å². The first-order valence-electron chi connectivity index (χ1n) is 10.5.